The van der Waals surface area contributed by atoms with Crippen molar-refractivity contribution in [1.82, 2.24) is 0 Å². The van der Waals surface area contributed by atoms with E-state index in [0.29, 0.717) is 12.2 Å². The molecular formula is C19H28O2. The fraction of sp³-hybridized carbons (Fsp3) is 0.632. The van der Waals surface area contributed by atoms with Gasteiger partial charge in [0.25, 0.3) is 0 Å². The predicted molar refractivity (Wildman–Crippen MR) is 86.9 cm³/mol. The number of carbonyl (C=O) groups excluding carboxylic acids is 1. The Balaban J connectivity index is 2.31. The Bertz CT molecular complexity index is 533. The van der Waals surface area contributed by atoms with E-state index in [2.05, 4.69) is 59.7 Å². The molecule has 0 radical (unpaired) electrons. The number of aryl methyl sites for hydroxylation is 1. The molecule has 116 valence electrons. The average Bonchev–Trinajstić information content (AvgIpc) is 2.40. The Morgan fingerprint density at radius 3 is 2.33 bits per heavy atom. The van der Waals surface area contributed by atoms with Crippen LogP contribution in [0.1, 0.15) is 65.0 Å². The largest absolute Gasteiger partial charge is 0.489 e. The molecule has 0 amide bonds. The quantitative estimate of drug-likeness (QED) is 0.794. The minimum absolute atomic E-state index is 0.0313. The molecule has 0 spiro atoms. The molecule has 1 unspecified atom stereocenters. The second kappa shape index (κ2) is 5.47. The highest BCUT2D eigenvalue weighted by atomic mass is 16.5. The molecule has 2 nitrogen and oxygen atoms in total. The molecule has 0 heterocycles. The maximum absolute atomic E-state index is 12.1. The van der Waals surface area contributed by atoms with Gasteiger partial charge in [0, 0.05) is 6.42 Å². The van der Waals surface area contributed by atoms with Crippen molar-refractivity contribution in [3.05, 3.63) is 29.3 Å². The van der Waals surface area contributed by atoms with Crippen LogP contribution in [0.15, 0.2) is 18.2 Å². The summed E-state index contributed by atoms with van der Waals surface area (Å²) in [6, 6.07) is 6.36. The van der Waals surface area contributed by atoms with Crippen molar-refractivity contribution < 1.29 is 9.53 Å². The molecule has 21 heavy (non-hydrogen) atoms. The molecule has 1 aliphatic carbocycles. The highest BCUT2D eigenvalue weighted by molar-refractivity contribution is 5.92. The van der Waals surface area contributed by atoms with E-state index in [4.69, 9.17) is 4.74 Å². The minimum atomic E-state index is -0.264. The Hall–Kier alpha value is -1.31. The van der Waals surface area contributed by atoms with Crippen LogP contribution in [0, 0.1) is 12.3 Å². The Morgan fingerprint density at radius 1 is 1.24 bits per heavy atom. The molecule has 1 aromatic carbocycles. The van der Waals surface area contributed by atoms with Crippen LogP contribution in [0.25, 0.3) is 0 Å². The smallest absolute Gasteiger partial charge is 0.146 e. The Kier molecular flexibility index (Phi) is 4.19. The number of ketones is 1. The zero-order valence-corrected chi connectivity index (χ0v) is 14.2. The lowest BCUT2D eigenvalue weighted by Crippen LogP contribution is -2.56. The van der Waals surface area contributed by atoms with Crippen molar-refractivity contribution in [2.75, 3.05) is 0 Å². The summed E-state index contributed by atoms with van der Waals surface area (Å²) in [6.45, 7) is 12.9. The van der Waals surface area contributed by atoms with Gasteiger partial charge >= 0.3 is 0 Å². The molecule has 2 heteroatoms. The Morgan fingerprint density at radius 2 is 1.86 bits per heavy atom. The van der Waals surface area contributed by atoms with Crippen molar-refractivity contribution in [3.8, 4) is 5.75 Å². The van der Waals surface area contributed by atoms with E-state index in [1.54, 1.807) is 0 Å². The van der Waals surface area contributed by atoms with Crippen LogP contribution < -0.4 is 4.74 Å². The van der Waals surface area contributed by atoms with Crippen LogP contribution in [0.2, 0.25) is 0 Å². The van der Waals surface area contributed by atoms with Gasteiger partial charge in [-0.05, 0) is 36.8 Å². The second-order valence-corrected chi connectivity index (χ2v) is 7.35. The lowest BCUT2D eigenvalue weighted by atomic mass is 9.61. The maximum Gasteiger partial charge on any atom is 0.146 e. The summed E-state index contributed by atoms with van der Waals surface area (Å²) >= 11 is 0. The first-order valence-corrected chi connectivity index (χ1v) is 8.05. The summed E-state index contributed by atoms with van der Waals surface area (Å²) in [5, 5.41) is 0. The van der Waals surface area contributed by atoms with Gasteiger partial charge in [-0.15, -0.1) is 0 Å². The van der Waals surface area contributed by atoms with Crippen LogP contribution >= 0.6 is 0 Å². The monoisotopic (exact) mass is 288 g/mol. The zero-order chi connectivity index (χ0) is 15.8. The first-order chi connectivity index (χ1) is 9.74. The minimum Gasteiger partial charge on any atom is -0.489 e. The standard InChI is InChI=1S/C19H28O2/c1-7-19(8-2)16(20)12-17(19)21-15-10-9-13(3)11-14(15)18(4,5)6/h9-11,17H,7-8,12H2,1-6H3. The average molecular weight is 288 g/mol. The molecule has 0 aliphatic heterocycles. The number of rotatable bonds is 4. The number of hydrogen-bond acceptors (Lipinski definition) is 2. The molecule has 0 N–H and O–H groups in total. The summed E-state index contributed by atoms with van der Waals surface area (Å²) in [6.07, 6.45) is 2.32. The molecular weight excluding hydrogens is 260 g/mol. The van der Waals surface area contributed by atoms with Crippen LogP contribution in [0.4, 0.5) is 0 Å². The van der Waals surface area contributed by atoms with Crippen LogP contribution in [-0.4, -0.2) is 11.9 Å². The van der Waals surface area contributed by atoms with Gasteiger partial charge in [0.1, 0.15) is 17.6 Å². The van der Waals surface area contributed by atoms with Crippen LogP contribution in [-0.2, 0) is 10.2 Å². The van der Waals surface area contributed by atoms with Crippen molar-refractivity contribution in [2.45, 2.75) is 72.3 Å². The third-order valence-corrected chi connectivity index (χ3v) is 5.02. The van der Waals surface area contributed by atoms with Crippen molar-refractivity contribution in [1.29, 1.82) is 0 Å². The number of carbonyl (C=O) groups is 1. The van der Waals surface area contributed by atoms with Crippen LogP contribution in [0.3, 0.4) is 0 Å². The fourth-order valence-corrected chi connectivity index (χ4v) is 3.36. The van der Waals surface area contributed by atoms with E-state index in [1.165, 1.54) is 11.1 Å². The highest BCUT2D eigenvalue weighted by Gasteiger charge is 2.54. The first kappa shape index (κ1) is 16.1. The van der Waals surface area contributed by atoms with E-state index in [1.807, 2.05) is 0 Å². The summed E-state index contributed by atoms with van der Waals surface area (Å²) in [5.74, 6) is 1.30. The second-order valence-electron chi connectivity index (χ2n) is 7.35. The topological polar surface area (TPSA) is 26.3 Å². The lowest BCUT2D eigenvalue weighted by Gasteiger charge is -2.47. The lowest BCUT2D eigenvalue weighted by molar-refractivity contribution is -0.153. The van der Waals surface area contributed by atoms with Crippen molar-refractivity contribution in [3.63, 3.8) is 0 Å². The van der Waals surface area contributed by atoms with E-state index >= 15 is 0 Å². The molecule has 1 aromatic rings. The molecule has 0 saturated heterocycles. The van der Waals surface area contributed by atoms with E-state index in [9.17, 15) is 4.79 Å². The van der Waals surface area contributed by atoms with E-state index < -0.39 is 0 Å². The highest BCUT2D eigenvalue weighted by Crippen LogP contribution is 2.46. The molecule has 2 rings (SSSR count). The van der Waals surface area contributed by atoms with Gasteiger partial charge in [-0.3, -0.25) is 4.79 Å². The van der Waals surface area contributed by atoms with E-state index in [-0.39, 0.29) is 16.9 Å². The third kappa shape index (κ3) is 2.73. The molecule has 1 saturated carbocycles. The van der Waals surface area contributed by atoms with Crippen molar-refractivity contribution >= 4 is 5.78 Å². The number of Topliss-reactive ketones (excluding diaryl/α,β-unsaturated/α-hetero) is 1. The van der Waals surface area contributed by atoms with Crippen molar-refractivity contribution in [2.24, 2.45) is 5.41 Å². The van der Waals surface area contributed by atoms with Crippen LogP contribution in [0.5, 0.6) is 5.75 Å². The van der Waals surface area contributed by atoms with Gasteiger partial charge in [-0.2, -0.15) is 0 Å². The number of benzene rings is 1. The summed E-state index contributed by atoms with van der Waals surface area (Å²) < 4.78 is 6.31. The molecule has 1 fully saturated rings. The maximum atomic E-state index is 12.1. The molecule has 0 bridgehead atoms. The van der Waals surface area contributed by atoms with Gasteiger partial charge in [-0.1, -0.05) is 52.3 Å². The Labute approximate surface area is 128 Å². The first-order valence-electron chi connectivity index (χ1n) is 8.05. The van der Waals surface area contributed by atoms with Gasteiger partial charge in [-0.25, -0.2) is 0 Å². The molecule has 1 atom stereocenters. The third-order valence-electron chi connectivity index (χ3n) is 5.02. The van der Waals surface area contributed by atoms with Gasteiger partial charge in [0.2, 0.25) is 0 Å². The summed E-state index contributed by atoms with van der Waals surface area (Å²) in [7, 11) is 0. The SMILES string of the molecule is CCC1(CC)C(=O)CC1Oc1ccc(C)cc1C(C)(C)C. The molecule has 1 aliphatic rings. The zero-order valence-electron chi connectivity index (χ0n) is 14.2. The van der Waals surface area contributed by atoms with E-state index in [0.717, 1.165) is 18.6 Å². The number of hydrogen-bond donors (Lipinski definition) is 0. The fourth-order valence-electron chi connectivity index (χ4n) is 3.36. The number of ether oxygens (including phenoxy) is 1. The summed E-state index contributed by atoms with van der Waals surface area (Å²) in [4.78, 5) is 12.1. The summed E-state index contributed by atoms with van der Waals surface area (Å²) in [5.41, 5.74) is 2.24. The van der Waals surface area contributed by atoms with Gasteiger partial charge in [0.15, 0.2) is 0 Å². The van der Waals surface area contributed by atoms with Gasteiger partial charge < -0.3 is 4.74 Å². The molecule has 0 aromatic heterocycles. The normalized spacial score (nSPS) is 21.0. The van der Waals surface area contributed by atoms with Gasteiger partial charge in [0.05, 0.1) is 5.41 Å². The predicted octanol–water partition coefficient (Wildman–Crippen LogP) is 4.82.